The molecule has 0 fully saturated rings. The van der Waals surface area contributed by atoms with Crippen molar-refractivity contribution in [3.8, 4) is 0 Å². The van der Waals surface area contributed by atoms with Crippen molar-refractivity contribution in [1.82, 2.24) is 0 Å². The summed E-state index contributed by atoms with van der Waals surface area (Å²) in [4.78, 5) is 21.8. The molecule has 142 valence electrons. The summed E-state index contributed by atoms with van der Waals surface area (Å²) < 4.78 is 9.84. The van der Waals surface area contributed by atoms with Crippen LogP contribution in [-0.2, 0) is 19.1 Å². The van der Waals surface area contributed by atoms with Crippen LogP contribution in [0.2, 0.25) is 0 Å². The van der Waals surface area contributed by atoms with Gasteiger partial charge in [0.2, 0.25) is 0 Å². The molecule has 0 N–H and O–H groups in total. The molecule has 0 saturated carbocycles. The highest BCUT2D eigenvalue weighted by Gasteiger charge is 2.02. The molecule has 0 atom stereocenters. The number of esters is 2. The highest BCUT2D eigenvalue weighted by Crippen LogP contribution is 2.10. The zero-order chi connectivity index (χ0) is 18.6. The molecule has 4 heteroatoms. The van der Waals surface area contributed by atoms with Crippen LogP contribution in [0.4, 0.5) is 0 Å². The lowest BCUT2D eigenvalue weighted by Crippen LogP contribution is -2.05. The van der Waals surface area contributed by atoms with Gasteiger partial charge >= 0.3 is 11.9 Å². The van der Waals surface area contributed by atoms with Gasteiger partial charge in [-0.2, -0.15) is 0 Å². The summed E-state index contributed by atoms with van der Waals surface area (Å²) in [5, 5.41) is 0. The van der Waals surface area contributed by atoms with Crippen LogP contribution < -0.4 is 0 Å². The Kier molecular flexibility index (Phi) is 17.1. The molecule has 0 unspecified atom stereocenters. The van der Waals surface area contributed by atoms with Crippen LogP contribution >= 0.6 is 0 Å². The Hall–Kier alpha value is -1.84. The summed E-state index contributed by atoms with van der Waals surface area (Å²) in [6.45, 7) is 7.88. The normalized spacial score (nSPS) is 16.4. The minimum absolute atomic E-state index is 0.0274. The zero-order valence-corrected chi connectivity index (χ0v) is 15.5. The van der Waals surface area contributed by atoms with Gasteiger partial charge in [0.05, 0.1) is 19.6 Å². The van der Waals surface area contributed by atoms with Gasteiger partial charge < -0.3 is 9.47 Å². The molecule has 0 aromatic carbocycles. The van der Waals surface area contributed by atoms with E-state index in [9.17, 15) is 9.59 Å². The van der Waals surface area contributed by atoms with Gasteiger partial charge in [-0.15, -0.1) is 13.2 Å². The Morgan fingerprint density at radius 1 is 1.04 bits per heavy atom. The summed E-state index contributed by atoms with van der Waals surface area (Å²) in [5.74, 6) is -0.252. The maximum Gasteiger partial charge on any atom is 0.309 e. The highest BCUT2D eigenvalue weighted by atomic mass is 16.5. The largest absolute Gasteiger partial charge is 0.465 e. The van der Waals surface area contributed by atoms with Crippen LogP contribution in [0.3, 0.4) is 0 Å². The zero-order valence-electron chi connectivity index (χ0n) is 15.5. The number of cyclic esters (lactones) is 1. The van der Waals surface area contributed by atoms with E-state index in [1.165, 1.54) is 44.6 Å². The number of rotatable bonds is 5. The minimum atomic E-state index is -0.225. The van der Waals surface area contributed by atoms with Crippen molar-refractivity contribution in [3.05, 3.63) is 37.5 Å². The van der Waals surface area contributed by atoms with E-state index in [0.29, 0.717) is 26.1 Å². The molecule has 0 saturated heterocycles. The molecule has 0 bridgehead atoms. The van der Waals surface area contributed by atoms with Crippen molar-refractivity contribution >= 4 is 11.9 Å². The van der Waals surface area contributed by atoms with Crippen LogP contribution in [0, 0.1) is 0 Å². The summed E-state index contributed by atoms with van der Waals surface area (Å²) in [6, 6.07) is 0. The van der Waals surface area contributed by atoms with Crippen molar-refractivity contribution < 1.29 is 19.1 Å². The monoisotopic (exact) mass is 350 g/mol. The van der Waals surface area contributed by atoms with Gasteiger partial charge in [0.25, 0.3) is 0 Å². The molecule has 1 heterocycles. The van der Waals surface area contributed by atoms with Gasteiger partial charge in [0, 0.05) is 6.42 Å². The Morgan fingerprint density at radius 2 is 1.72 bits per heavy atom. The van der Waals surface area contributed by atoms with Crippen LogP contribution in [-0.4, -0.2) is 25.2 Å². The first-order valence-corrected chi connectivity index (χ1v) is 9.38. The second-order valence-electron chi connectivity index (χ2n) is 5.93. The van der Waals surface area contributed by atoms with Crippen molar-refractivity contribution in [2.75, 3.05) is 13.2 Å². The standard InChI is InChI=1S/C13H22O2.C8H12O2/c14-13-11-9-7-5-3-1-2-4-6-8-10-12-15-13;1-3-5-7-10-8(9)6-4-2/h6,8H,1-5,7,9-12H2;3-4H,1-2,5-7H2. The van der Waals surface area contributed by atoms with Crippen LogP contribution in [0.25, 0.3) is 0 Å². The Labute approximate surface area is 153 Å². The Balaban J connectivity index is 0.000000504. The van der Waals surface area contributed by atoms with E-state index >= 15 is 0 Å². The number of allylic oxidation sites excluding steroid dienone is 1. The van der Waals surface area contributed by atoms with Crippen LogP contribution in [0.5, 0.6) is 0 Å². The first-order valence-electron chi connectivity index (χ1n) is 9.38. The third-order valence-corrected chi connectivity index (χ3v) is 3.61. The molecule has 0 aliphatic carbocycles. The lowest BCUT2D eigenvalue weighted by molar-refractivity contribution is -0.144. The molecule has 0 spiro atoms. The van der Waals surface area contributed by atoms with Crippen molar-refractivity contribution in [2.24, 2.45) is 0 Å². The molecular weight excluding hydrogens is 316 g/mol. The maximum atomic E-state index is 11.2. The first-order chi connectivity index (χ1) is 12.2. The second-order valence-corrected chi connectivity index (χ2v) is 5.93. The van der Waals surface area contributed by atoms with Gasteiger partial charge in [-0.05, 0) is 32.1 Å². The maximum absolute atomic E-state index is 11.2. The average molecular weight is 350 g/mol. The quantitative estimate of drug-likeness (QED) is 0.384. The molecular formula is C21H34O4. The second kappa shape index (κ2) is 18.5. The number of hydrogen-bond acceptors (Lipinski definition) is 4. The molecule has 1 aliphatic heterocycles. The van der Waals surface area contributed by atoms with E-state index in [4.69, 9.17) is 9.47 Å². The molecule has 0 amide bonds. The number of carbonyl (C=O) groups excluding carboxylic acids is 2. The Bertz CT molecular complexity index is 399. The van der Waals surface area contributed by atoms with E-state index in [2.05, 4.69) is 25.3 Å². The van der Waals surface area contributed by atoms with Crippen LogP contribution in [0.15, 0.2) is 37.5 Å². The van der Waals surface area contributed by atoms with Gasteiger partial charge in [-0.1, -0.05) is 50.0 Å². The first kappa shape index (κ1) is 23.2. The fourth-order valence-electron chi connectivity index (χ4n) is 2.22. The number of carbonyl (C=O) groups is 2. The van der Waals surface area contributed by atoms with Gasteiger partial charge in [0.1, 0.15) is 0 Å². The Morgan fingerprint density at radius 3 is 2.44 bits per heavy atom. The summed E-state index contributed by atoms with van der Waals surface area (Å²) in [7, 11) is 0. The third-order valence-electron chi connectivity index (χ3n) is 3.61. The van der Waals surface area contributed by atoms with Crippen molar-refractivity contribution in [1.29, 1.82) is 0 Å². The van der Waals surface area contributed by atoms with Gasteiger partial charge in [0.15, 0.2) is 0 Å². The van der Waals surface area contributed by atoms with E-state index < -0.39 is 0 Å². The van der Waals surface area contributed by atoms with E-state index in [0.717, 1.165) is 12.8 Å². The average Bonchev–Trinajstić information content (AvgIpc) is 2.60. The highest BCUT2D eigenvalue weighted by molar-refractivity contribution is 5.70. The molecule has 25 heavy (non-hydrogen) atoms. The SMILES string of the molecule is C=CCCOC(=O)CC=C.O=C1CCCCCCCCC=CCCO1. The summed E-state index contributed by atoms with van der Waals surface area (Å²) in [6.07, 6.45) is 18.6. The van der Waals surface area contributed by atoms with Crippen molar-refractivity contribution in [3.63, 3.8) is 0 Å². The summed E-state index contributed by atoms with van der Waals surface area (Å²) >= 11 is 0. The molecule has 1 rings (SSSR count). The van der Waals surface area contributed by atoms with E-state index in [1.807, 2.05) is 0 Å². The lowest BCUT2D eigenvalue weighted by atomic mass is 10.1. The van der Waals surface area contributed by atoms with Gasteiger partial charge in [-0.3, -0.25) is 9.59 Å². The van der Waals surface area contributed by atoms with Gasteiger partial charge in [-0.25, -0.2) is 0 Å². The van der Waals surface area contributed by atoms with E-state index in [-0.39, 0.29) is 18.4 Å². The predicted molar refractivity (Wildman–Crippen MR) is 102 cm³/mol. The fraction of sp³-hybridized carbons (Fsp3) is 0.619. The number of ether oxygens (including phenoxy) is 2. The molecule has 4 nitrogen and oxygen atoms in total. The number of hydrogen-bond donors (Lipinski definition) is 0. The lowest BCUT2D eigenvalue weighted by Gasteiger charge is -2.04. The third kappa shape index (κ3) is 18.3. The molecule has 1 aliphatic rings. The summed E-state index contributed by atoms with van der Waals surface area (Å²) in [5.41, 5.74) is 0. The van der Waals surface area contributed by atoms with Crippen LogP contribution in [0.1, 0.15) is 70.6 Å². The molecule has 0 aromatic rings. The predicted octanol–water partition coefficient (Wildman–Crippen LogP) is 5.29. The smallest absolute Gasteiger partial charge is 0.309 e. The van der Waals surface area contributed by atoms with Crippen molar-refractivity contribution in [2.45, 2.75) is 70.6 Å². The molecule has 0 radical (unpaired) electrons. The fourth-order valence-corrected chi connectivity index (χ4v) is 2.22. The molecule has 0 aromatic heterocycles. The topological polar surface area (TPSA) is 52.6 Å². The van der Waals surface area contributed by atoms with E-state index in [1.54, 1.807) is 6.08 Å². The minimum Gasteiger partial charge on any atom is -0.465 e.